The lowest BCUT2D eigenvalue weighted by molar-refractivity contribution is 0.489. The second kappa shape index (κ2) is 37.0. The Morgan fingerprint density at radius 1 is 0.244 bits per heavy atom. The van der Waals surface area contributed by atoms with Gasteiger partial charge in [-0.25, -0.2) is 0 Å². The molecule has 422 valence electrons. The summed E-state index contributed by atoms with van der Waals surface area (Å²) in [5.41, 5.74) is 16.1. The van der Waals surface area contributed by atoms with Crippen molar-refractivity contribution in [1.82, 2.24) is 0 Å². The summed E-state index contributed by atoms with van der Waals surface area (Å²) in [5, 5.41) is 0. The number of rotatable bonds is 41. The lowest BCUT2D eigenvalue weighted by Crippen LogP contribution is -2.31. The molecule has 0 saturated carbocycles. The Morgan fingerprint density at radius 2 is 0.462 bits per heavy atom. The molecule has 0 radical (unpaired) electrons. The van der Waals surface area contributed by atoms with Crippen molar-refractivity contribution in [3.05, 3.63) is 179 Å². The summed E-state index contributed by atoms with van der Waals surface area (Å²) in [6, 6.07) is 57.1. The number of hydrogen-bond acceptors (Lipinski definition) is 2. The van der Waals surface area contributed by atoms with Gasteiger partial charge in [-0.15, -0.1) is 0 Å². The minimum atomic E-state index is 0.460. The topological polar surface area (TPSA) is 6.48 Å². The van der Waals surface area contributed by atoms with E-state index in [2.05, 4.69) is 197 Å². The zero-order valence-electron chi connectivity index (χ0n) is 50.5. The highest BCUT2D eigenvalue weighted by Crippen LogP contribution is 2.35. The molecule has 2 atom stereocenters. The molecule has 0 N–H and O–H groups in total. The van der Waals surface area contributed by atoms with E-state index in [1.54, 1.807) is 0 Å². The van der Waals surface area contributed by atoms with E-state index in [-0.39, 0.29) is 0 Å². The van der Waals surface area contributed by atoms with Gasteiger partial charge in [-0.2, -0.15) is 0 Å². The van der Waals surface area contributed by atoms with E-state index >= 15 is 0 Å². The van der Waals surface area contributed by atoms with Gasteiger partial charge in [0.05, 0.1) is 0 Å². The summed E-state index contributed by atoms with van der Waals surface area (Å²) in [5.74, 6) is 0. The maximum Gasteiger partial charge on any atom is 0.0413 e. The monoisotopic (exact) mass is 1050 g/mol. The van der Waals surface area contributed by atoms with Crippen molar-refractivity contribution in [2.45, 2.75) is 259 Å². The molecule has 0 bridgehead atoms. The molecule has 6 aromatic carbocycles. The highest BCUT2D eigenvalue weighted by Gasteiger charge is 2.23. The average molecular weight is 1050 g/mol. The summed E-state index contributed by atoms with van der Waals surface area (Å²) in [6.45, 7) is 13.4. The van der Waals surface area contributed by atoms with Gasteiger partial charge in [-0.1, -0.05) is 287 Å². The Kier molecular flexibility index (Phi) is 29.4. The highest BCUT2D eigenvalue weighted by molar-refractivity contribution is 5.67. The molecule has 0 aliphatic carbocycles. The standard InChI is InChI=1S/C76H108N2/c1-7-9-11-13-15-17-19-21-23-25-27-29-35-71(77(73-55-39-63(3)40-56-73)74-57-41-64(4)42-58-74)37-31-33-67-47-51-69(52-48-67)70-53-49-68(50-54-70)34-32-38-72(36-30-28-26-24-22-20-18-16-14-12-10-8-2)78(75-59-43-65(5)44-60-75)76-61-45-66(6)46-62-76/h39-62,71-72H,7-38H2,1-6H3. The van der Waals surface area contributed by atoms with Crippen LogP contribution in [0.4, 0.5) is 22.7 Å². The minimum absolute atomic E-state index is 0.460. The lowest BCUT2D eigenvalue weighted by Gasteiger charge is -2.35. The van der Waals surface area contributed by atoms with Gasteiger partial charge in [0.1, 0.15) is 0 Å². The second-order valence-electron chi connectivity index (χ2n) is 23.9. The van der Waals surface area contributed by atoms with Crippen LogP contribution in [0.2, 0.25) is 0 Å². The second-order valence-corrected chi connectivity index (χ2v) is 23.9. The molecule has 0 heterocycles. The fourth-order valence-electron chi connectivity index (χ4n) is 12.0. The third-order valence-corrected chi connectivity index (χ3v) is 17.0. The lowest BCUT2D eigenvalue weighted by atomic mass is 9.95. The first-order valence-electron chi connectivity index (χ1n) is 32.3. The normalized spacial score (nSPS) is 12.2. The van der Waals surface area contributed by atoms with Crippen LogP contribution in [0.5, 0.6) is 0 Å². The van der Waals surface area contributed by atoms with Crippen LogP contribution in [0.15, 0.2) is 146 Å². The molecule has 2 unspecified atom stereocenters. The van der Waals surface area contributed by atoms with Gasteiger partial charge >= 0.3 is 0 Å². The van der Waals surface area contributed by atoms with Gasteiger partial charge in [0, 0.05) is 34.8 Å². The van der Waals surface area contributed by atoms with Crippen molar-refractivity contribution in [2.24, 2.45) is 0 Å². The Labute approximate surface area is 479 Å². The van der Waals surface area contributed by atoms with E-state index < -0.39 is 0 Å². The molecule has 78 heavy (non-hydrogen) atoms. The zero-order valence-corrected chi connectivity index (χ0v) is 50.5. The van der Waals surface area contributed by atoms with Gasteiger partial charge in [0.25, 0.3) is 0 Å². The molecule has 6 rings (SSSR count). The fourth-order valence-corrected chi connectivity index (χ4v) is 12.0. The third-order valence-electron chi connectivity index (χ3n) is 17.0. The van der Waals surface area contributed by atoms with Crippen LogP contribution in [0.1, 0.15) is 240 Å². The molecule has 0 fully saturated rings. The molecule has 0 aliphatic heterocycles. The molecule has 0 aromatic heterocycles. The Morgan fingerprint density at radius 3 is 0.705 bits per heavy atom. The van der Waals surface area contributed by atoms with E-state index in [0.29, 0.717) is 12.1 Å². The summed E-state index contributed by atoms with van der Waals surface area (Å²) >= 11 is 0. The number of aryl methyl sites for hydroxylation is 6. The number of benzene rings is 6. The molecule has 2 nitrogen and oxygen atoms in total. The van der Waals surface area contributed by atoms with Crippen LogP contribution in [0, 0.1) is 27.7 Å². The van der Waals surface area contributed by atoms with E-state index in [1.165, 1.54) is 260 Å². The molecule has 0 amide bonds. The quantitative estimate of drug-likeness (QED) is 0.0353. The van der Waals surface area contributed by atoms with Crippen LogP contribution >= 0.6 is 0 Å². The van der Waals surface area contributed by atoms with Crippen LogP contribution in [-0.4, -0.2) is 12.1 Å². The molecule has 2 heteroatoms. The first-order chi connectivity index (χ1) is 38.3. The number of hydrogen-bond donors (Lipinski definition) is 0. The molecule has 0 spiro atoms. The summed E-state index contributed by atoms with van der Waals surface area (Å²) in [6.07, 6.45) is 42.8. The molecular weight excluding hydrogens is 941 g/mol. The van der Waals surface area contributed by atoms with Gasteiger partial charge < -0.3 is 9.80 Å². The molecule has 0 aliphatic rings. The van der Waals surface area contributed by atoms with Gasteiger partial charge in [-0.3, -0.25) is 0 Å². The fraction of sp³-hybridized carbons (Fsp3) is 0.526. The molecule has 6 aromatic rings. The summed E-state index contributed by atoms with van der Waals surface area (Å²) < 4.78 is 0. The average Bonchev–Trinajstić information content (AvgIpc) is 3.49. The van der Waals surface area contributed by atoms with Crippen LogP contribution in [-0.2, 0) is 12.8 Å². The predicted molar refractivity (Wildman–Crippen MR) is 346 cm³/mol. The van der Waals surface area contributed by atoms with Gasteiger partial charge in [-0.05, 0) is 150 Å². The maximum atomic E-state index is 2.68. The van der Waals surface area contributed by atoms with E-state index in [1.807, 2.05) is 0 Å². The van der Waals surface area contributed by atoms with E-state index in [0.717, 1.165) is 12.8 Å². The molecular formula is C76H108N2. The van der Waals surface area contributed by atoms with Crippen molar-refractivity contribution >= 4 is 22.7 Å². The number of nitrogens with zero attached hydrogens (tertiary/aromatic N) is 2. The predicted octanol–water partition coefficient (Wildman–Crippen LogP) is 23.8. The van der Waals surface area contributed by atoms with Crippen molar-refractivity contribution in [3.8, 4) is 11.1 Å². The minimum Gasteiger partial charge on any atom is -0.338 e. The van der Waals surface area contributed by atoms with Gasteiger partial charge in [0.15, 0.2) is 0 Å². The Balaban J connectivity index is 1.03. The number of anilines is 4. The first-order valence-corrected chi connectivity index (χ1v) is 32.3. The highest BCUT2D eigenvalue weighted by atomic mass is 15.2. The maximum absolute atomic E-state index is 2.68. The molecule has 0 saturated heterocycles. The summed E-state index contributed by atoms with van der Waals surface area (Å²) in [7, 11) is 0. The van der Waals surface area contributed by atoms with Crippen molar-refractivity contribution in [3.63, 3.8) is 0 Å². The largest absolute Gasteiger partial charge is 0.338 e. The SMILES string of the molecule is CCCCCCCCCCCCCCC(CCCc1ccc(-c2ccc(CCCC(CCCCCCCCCCCCCC)N(c3ccc(C)cc3)c3ccc(C)cc3)cc2)cc1)N(c1ccc(C)cc1)c1ccc(C)cc1. The summed E-state index contributed by atoms with van der Waals surface area (Å²) in [4.78, 5) is 5.35. The first kappa shape index (κ1) is 62.1. The van der Waals surface area contributed by atoms with Crippen LogP contribution in [0.3, 0.4) is 0 Å². The zero-order chi connectivity index (χ0) is 54.8. The van der Waals surface area contributed by atoms with E-state index in [9.17, 15) is 0 Å². The van der Waals surface area contributed by atoms with Crippen molar-refractivity contribution in [1.29, 1.82) is 0 Å². The van der Waals surface area contributed by atoms with Crippen molar-refractivity contribution < 1.29 is 0 Å². The van der Waals surface area contributed by atoms with Crippen LogP contribution in [0.25, 0.3) is 11.1 Å². The number of unbranched alkanes of at least 4 members (excludes halogenated alkanes) is 22. The Hall–Kier alpha value is -5.08. The van der Waals surface area contributed by atoms with Gasteiger partial charge in [0.2, 0.25) is 0 Å². The third kappa shape index (κ3) is 22.9. The van der Waals surface area contributed by atoms with Crippen molar-refractivity contribution in [2.75, 3.05) is 9.80 Å². The smallest absolute Gasteiger partial charge is 0.0413 e. The van der Waals surface area contributed by atoms with E-state index in [4.69, 9.17) is 0 Å². The Bertz CT molecular complexity index is 2150. The van der Waals surface area contributed by atoms with Crippen LogP contribution < -0.4 is 9.80 Å².